The Kier molecular flexibility index (Phi) is 7.27. The first-order valence-electron chi connectivity index (χ1n) is 77.2. The Bertz CT molecular complexity index is 13100. The first-order chi connectivity index (χ1) is 95.7. The molecule has 0 unspecified atom stereocenters. The lowest BCUT2D eigenvalue weighted by Crippen LogP contribution is -1.92. The molecule has 0 fully saturated rings. The van der Waals surface area contributed by atoms with Crippen LogP contribution >= 0.6 is 0 Å². The van der Waals surface area contributed by atoms with Gasteiger partial charge in [-0.1, -0.05) is 453 Å². The molecule has 24 rings (SSSR count). The van der Waals surface area contributed by atoms with E-state index in [0.717, 1.165) is 0 Å². The molecule has 0 aliphatic heterocycles. The Morgan fingerprint density at radius 1 is 0.0887 bits per heavy atom. The Morgan fingerprint density at radius 3 is 0.500 bits per heavy atom. The number of fused-ring (bicyclic) bond motifs is 10. The molecule has 0 heterocycles. The molecule has 24 aromatic rings. The fraction of sp³-hybridized carbons (Fsp3) is 0. The lowest BCUT2D eigenvalue weighted by molar-refractivity contribution is 1.58. The van der Waals surface area contributed by atoms with E-state index in [-0.39, 0.29) is 0 Å². The maximum absolute atomic E-state index is 9.84. The van der Waals surface area contributed by atoms with Crippen molar-refractivity contribution in [1.82, 2.24) is 0 Å². The molecule has 0 nitrogen and oxygen atoms in total. The smallest absolute Gasteiger partial charge is 0.0622 e. The van der Waals surface area contributed by atoms with E-state index in [2.05, 4.69) is 0 Å². The minimum atomic E-state index is -1.16. The van der Waals surface area contributed by atoms with Crippen LogP contribution in [0.15, 0.2) is 495 Å². The van der Waals surface area contributed by atoms with Crippen LogP contribution in [0.2, 0.25) is 0 Å². The third-order valence-corrected chi connectivity index (χ3v) is 19.0. The summed E-state index contributed by atoms with van der Waals surface area (Å²) in [5.74, 6) is 0. The zero-order chi connectivity index (χ0) is 154. The Hall–Kier alpha value is -16.1. The maximum atomic E-state index is 9.84. The quantitative estimate of drug-likeness (QED) is 0.113. The second-order valence-corrected chi connectivity index (χ2v) is 26.0. The molecule has 578 valence electrons. The highest BCUT2D eigenvalue weighted by molar-refractivity contribution is 6.25. The molecule has 0 aliphatic rings. The summed E-state index contributed by atoms with van der Waals surface area (Å²) in [7, 11) is 0. The van der Waals surface area contributed by atoms with Gasteiger partial charge >= 0.3 is 0 Å². The fourth-order valence-corrected chi connectivity index (χ4v) is 13.7. The highest BCUT2D eigenvalue weighted by Gasteiger charge is 2.23. The minimum absolute atomic E-state index is 0.524. The van der Waals surface area contributed by atoms with Crippen molar-refractivity contribution in [2.45, 2.75) is 0 Å². The van der Waals surface area contributed by atoms with Crippen LogP contribution in [0, 0.1) is 0 Å². The normalized spacial score (nSPS) is 20.6. The number of hydrogen-bond acceptors (Lipinski definition) is 0. The monoisotopic (exact) mass is 1650 g/mol. The van der Waals surface area contributed by atoms with Gasteiger partial charge in [-0.2, -0.15) is 0 Å². The molecule has 0 saturated carbocycles. The SMILES string of the molecule is [2H]c1c([2H])c(-c2c3c([2H])c([2H])c([2H])c([2H])c3c(-c3c([2H])c([2H])c4c([2H])c([2H])c([2H])c([2H])c4c3[2H])c3c([2H])c([2H])c([2H])c([2H])c23)c([2H])c([2H])c1-c1c([2H])c([2H])c2c([2H])c([2H])c([2H])c([2H])c2c1[2H].[2H]c1c([2H])c([2H])c(-c2c([2H])c(-c3c([2H])c([2H])c([2H])c([2H])c3[2H])c([2H])c(-c3c4c([2H])c([2H])c([2H])c([2H])c4c(-c4c([2H])c([2H])c5c([2H])c([2H])c([2H])c([2H])c5c4[2H])c4c([2H])c([2H])c([2H])c([2H])c34)c2[2H])c([2H])c1[2H].[2H]c1c([2H])c([2H])c(-c2c([2H])c([2H])c(-c3c([2H])c([2H])c(-c4c5c([2H])c([2H])c([2H])c([2H])c5c(-c5c([2H])c([2H])c6c([2H])c([2H])c([2H])c([2H])c6c5[2H])c5c([2H])c([2H])c([2H])c([2H])c45)c([2H])c3[2H])c([2H])c2[2H])c([2H])c1[2H]. The molecule has 0 amide bonds. The van der Waals surface area contributed by atoms with Gasteiger partial charge in [0.05, 0.1) is 112 Å². The summed E-state index contributed by atoms with van der Waals surface area (Å²) >= 11 is 0. The lowest BCUT2D eigenvalue weighted by Gasteiger charge is -2.19. The third kappa shape index (κ3) is 14.1. The van der Waals surface area contributed by atoms with Crippen LogP contribution in [0.1, 0.15) is 112 Å². The second kappa shape index (κ2) is 32.5. The van der Waals surface area contributed by atoms with Crippen LogP contribution in [0.4, 0.5) is 0 Å². The van der Waals surface area contributed by atoms with Crippen LogP contribution in [0.5, 0.6) is 0 Å². The van der Waals surface area contributed by atoms with E-state index in [4.69, 9.17) is 72.7 Å². The van der Waals surface area contributed by atoms with Crippen molar-refractivity contribution in [2.75, 3.05) is 0 Å². The average Bonchev–Trinajstić information content (AvgIpc) is 0.685. The standard InChI is InChI=1S/2C42H28.C40H26/c1-3-13-29(14-4-1)34-26-35(30-15-5-2-6-16-30)28-36(27-34)42-39-21-11-9-19-37(39)41(38-20-10-12-22-40(38)42)33-24-23-31-17-7-8-18-32(31)25-33;1-2-10-29(11-3-1)31-18-20-32(21-19-31)33-22-25-34(26-23-33)41-37-14-6-8-16-39(37)42(40-17-9-7-15-38(40)41)36-27-24-30-12-4-5-13-35(30)28-36;1-3-11-31-25-33(23-19-27(31)9-1)29-17-21-30(22-18-29)39-35-13-5-7-15-37(35)40(38-16-8-6-14-36(38)39)34-24-20-28-10-2-4-12-32(28)26-34/h2*1-28H;1-26H/i2*1D,2D,3D,4D,5D,6D,7D,8D,9D,10D,11D,12D,13D,14D,15D,16D,17D,18D,19D,20D,21D,22D,23D,24D,25D,26D,27D,28D;1D,2D,3D,4D,5D,6D,7D,8D,9D,10D,11D,12D,13D,14D,15D,16D,17D,18D,19D,20D,21D,22D,23D,24D,25D,26D. The van der Waals surface area contributed by atoms with Crippen LogP contribution in [0.3, 0.4) is 0 Å². The van der Waals surface area contributed by atoms with Crippen molar-refractivity contribution < 1.29 is 112 Å². The first-order valence-corrected chi connectivity index (χ1v) is 36.2. The topological polar surface area (TPSA) is 0 Å². The molecule has 0 N–H and O–H groups in total. The van der Waals surface area contributed by atoms with Gasteiger partial charge in [0, 0.05) is 0 Å². The molecular weight excluding hydrogens is 1490 g/mol. The Balaban J connectivity index is 0.000000163. The highest BCUT2D eigenvalue weighted by Crippen LogP contribution is 2.50. The van der Waals surface area contributed by atoms with Crippen molar-refractivity contribution >= 4 is 108 Å². The summed E-state index contributed by atoms with van der Waals surface area (Å²) in [5, 5.41) is -13.8. The van der Waals surface area contributed by atoms with E-state index < -0.39 is 726 Å². The van der Waals surface area contributed by atoms with Gasteiger partial charge in [-0.05, 0) is 272 Å². The van der Waals surface area contributed by atoms with E-state index in [9.17, 15) is 39.8 Å². The summed E-state index contributed by atoms with van der Waals surface area (Å²) in [6.07, 6.45) is 0. The molecule has 0 radical (unpaired) electrons. The van der Waals surface area contributed by atoms with E-state index in [1.165, 1.54) is 0 Å². The summed E-state index contributed by atoms with van der Waals surface area (Å²) in [5.41, 5.74) is -18.0. The average molecular weight is 1650 g/mol. The van der Waals surface area contributed by atoms with Gasteiger partial charge in [-0.3, -0.25) is 0 Å². The lowest BCUT2D eigenvalue weighted by atomic mass is 9.84. The van der Waals surface area contributed by atoms with Crippen LogP contribution in [0.25, 0.3) is 230 Å². The van der Waals surface area contributed by atoms with Gasteiger partial charge in [-0.25, -0.2) is 0 Å². The second-order valence-electron chi connectivity index (χ2n) is 26.0. The zero-order valence-corrected chi connectivity index (χ0v) is 62.0. The Labute approximate surface area is 837 Å². The first kappa shape index (κ1) is 27.7. The predicted octanol–water partition coefficient (Wildman–Crippen LogP) is 34.9. The summed E-state index contributed by atoms with van der Waals surface area (Å²) in [6.45, 7) is 0. The molecule has 0 spiro atoms. The molecule has 0 aromatic heterocycles. The highest BCUT2D eigenvalue weighted by atomic mass is 14.3. The van der Waals surface area contributed by atoms with Crippen molar-refractivity contribution in [3.05, 3.63) is 495 Å². The third-order valence-electron chi connectivity index (χ3n) is 19.0. The van der Waals surface area contributed by atoms with Gasteiger partial charge in [0.1, 0.15) is 0 Å². The zero-order valence-electron chi connectivity index (χ0n) is 144. The molecule has 0 saturated heterocycles. The number of hydrogen-bond donors (Lipinski definition) is 0. The summed E-state index contributed by atoms with van der Waals surface area (Å²) < 4.78 is 727. The van der Waals surface area contributed by atoms with Crippen LogP contribution in [-0.2, 0) is 0 Å². The van der Waals surface area contributed by atoms with Crippen molar-refractivity contribution in [3.63, 3.8) is 0 Å². The van der Waals surface area contributed by atoms with Crippen molar-refractivity contribution in [2.24, 2.45) is 0 Å². The predicted molar refractivity (Wildman–Crippen MR) is 534 cm³/mol. The van der Waals surface area contributed by atoms with Crippen LogP contribution < -0.4 is 0 Å². The Morgan fingerprint density at radius 2 is 0.242 bits per heavy atom. The van der Waals surface area contributed by atoms with Crippen molar-refractivity contribution in [1.29, 1.82) is 0 Å². The van der Waals surface area contributed by atoms with Gasteiger partial charge in [0.15, 0.2) is 0 Å². The van der Waals surface area contributed by atoms with Crippen LogP contribution in [-0.4, -0.2) is 0 Å². The van der Waals surface area contributed by atoms with E-state index in [1.807, 2.05) is 0 Å². The molecule has 0 aliphatic carbocycles. The largest absolute Gasteiger partial charge is 0.0636 e. The maximum Gasteiger partial charge on any atom is 0.0636 e. The molecular formula is C124H82. The van der Waals surface area contributed by atoms with Gasteiger partial charge in [0.25, 0.3) is 0 Å². The van der Waals surface area contributed by atoms with Gasteiger partial charge in [-0.15, -0.1) is 0 Å². The summed E-state index contributed by atoms with van der Waals surface area (Å²) in [6, 6.07) is -78.7. The number of rotatable bonds is 11. The summed E-state index contributed by atoms with van der Waals surface area (Å²) in [4.78, 5) is 0. The van der Waals surface area contributed by atoms with E-state index in [0.29, 0.717) is 0 Å². The molecule has 0 bridgehead atoms. The molecule has 0 atom stereocenters. The minimum Gasteiger partial charge on any atom is -0.0622 e. The van der Waals surface area contributed by atoms with Crippen molar-refractivity contribution in [3.8, 4) is 122 Å². The fourth-order valence-electron chi connectivity index (χ4n) is 13.7. The molecule has 0 heteroatoms. The molecule has 24 aromatic carbocycles. The van der Waals surface area contributed by atoms with Gasteiger partial charge < -0.3 is 0 Å². The van der Waals surface area contributed by atoms with E-state index >= 15 is 0 Å². The van der Waals surface area contributed by atoms with E-state index in [1.54, 1.807) is 0 Å². The van der Waals surface area contributed by atoms with Gasteiger partial charge in [0.2, 0.25) is 0 Å². The number of benzene rings is 24. The molecule has 124 heavy (non-hydrogen) atoms.